The maximum Gasteiger partial charge on any atom is 0.322 e. The fourth-order valence-corrected chi connectivity index (χ4v) is 2.78. The number of carbonyl (C=O) groups excluding carboxylic acids is 3. The molecule has 102 valence electrons. The first-order valence-corrected chi connectivity index (χ1v) is 6.81. The van der Waals surface area contributed by atoms with Crippen LogP contribution in [0, 0.1) is 0 Å². The van der Waals surface area contributed by atoms with E-state index in [1.165, 1.54) is 11.3 Å². The number of carbonyl (C=O) groups is 3. The smallest absolute Gasteiger partial charge is 0.322 e. The van der Waals surface area contributed by atoms with E-state index in [1.54, 1.807) is 6.07 Å². The molecule has 0 aromatic carbocycles. The summed E-state index contributed by atoms with van der Waals surface area (Å²) in [6.07, 6.45) is -0.0823. The molecule has 1 aromatic rings. The van der Waals surface area contributed by atoms with Crippen molar-refractivity contribution in [2.24, 2.45) is 0 Å². The number of halogens is 1. The maximum atomic E-state index is 11.8. The van der Waals surface area contributed by atoms with Crippen molar-refractivity contribution < 1.29 is 14.4 Å². The maximum absolute atomic E-state index is 11.8. The Kier molecular flexibility index (Phi) is 4.06. The van der Waals surface area contributed by atoms with E-state index < -0.39 is 18.0 Å². The molecule has 8 heteroatoms. The zero-order valence-electron chi connectivity index (χ0n) is 10.0. The van der Waals surface area contributed by atoms with Crippen LogP contribution in [-0.2, 0) is 9.59 Å². The molecule has 0 unspecified atom stereocenters. The normalized spacial score (nSPS) is 19.8. The molecule has 1 aliphatic heterocycles. The topological polar surface area (TPSA) is 87.3 Å². The van der Waals surface area contributed by atoms with Crippen molar-refractivity contribution in [3.63, 3.8) is 0 Å². The summed E-state index contributed by atoms with van der Waals surface area (Å²) in [7, 11) is 0. The minimum atomic E-state index is -0.799. The molecule has 2 heterocycles. The van der Waals surface area contributed by atoms with Crippen LogP contribution in [0.1, 0.15) is 24.3 Å². The van der Waals surface area contributed by atoms with Crippen molar-refractivity contribution in [2.45, 2.75) is 25.4 Å². The van der Waals surface area contributed by atoms with Crippen LogP contribution < -0.4 is 16.0 Å². The van der Waals surface area contributed by atoms with Gasteiger partial charge in [-0.15, -0.1) is 11.3 Å². The fourth-order valence-electron chi connectivity index (χ4n) is 1.72. The number of hydrogen-bond donors (Lipinski definition) is 3. The molecule has 2 rings (SSSR count). The fraction of sp³-hybridized carbons (Fsp3) is 0.364. The summed E-state index contributed by atoms with van der Waals surface area (Å²) < 4.78 is 0.651. The van der Waals surface area contributed by atoms with E-state index in [0.29, 0.717) is 4.34 Å². The van der Waals surface area contributed by atoms with Crippen molar-refractivity contribution in [3.05, 3.63) is 21.3 Å². The second-order valence-corrected chi connectivity index (χ2v) is 5.90. The van der Waals surface area contributed by atoms with Crippen molar-refractivity contribution in [1.29, 1.82) is 0 Å². The van der Waals surface area contributed by atoms with Gasteiger partial charge in [0.25, 0.3) is 5.91 Å². The number of urea groups is 1. The number of hydrogen-bond acceptors (Lipinski definition) is 4. The highest BCUT2D eigenvalue weighted by atomic mass is 35.5. The quantitative estimate of drug-likeness (QED) is 0.730. The Hall–Kier alpha value is -1.60. The van der Waals surface area contributed by atoms with Gasteiger partial charge < -0.3 is 10.6 Å². The largest absolute Gasteiger partial charge is 0.349 e. The van der Waals surface area contributed by atoms with Gasteiger partial charge in [-0.05, 0) is 19.1 Å². The Labute approximate surface area is 118 Å². The standard InChI is InChI=1S/C11H12ClN3O3S/c1-5(7-2-3-8(12)19-7)13-9(16)4-6-10(17)15-11(18)14-6/h2-3,5-6H,4H2,1H3,(H,13,16)(H2,14,15,17,18)/t5-,6-/m1/s1. The third-order valence-electron chi connectivity index (χ3n) is 2.65. The van der Waals surface area contributed by atoms with Crippen LogP contribution in [0.4, 0.5) is 4.79 Å². The molecule has 19 heavy (non-hydrogen) atoms. The minimum absolute atomic E-state index is 0.0823. The first-order chi connectivity index (χ1) is 8.95. The van der Waals surface area contributed by atoms with Gasteiger partial charge >= 0.3 is 6.03 Å². The molecular formula is C11H12ClN3O3S. The Bertz CT molecular complexity index is 531. The van der Waals surface area contributed by atoms with Crippen molar-refractivity contribution in [2.75, 3.05) is 0 Å². The molecule has 0 aliphatic carbocycles. The molecule has 0 radical (unpaired) electrons. The molecule has 4 amide bonds. The van der Waals surface area contributed by atoms with Crippen LogP contribution in [0.2, 0.25) is 4.34 Å². The molecule has 0 bridgehead atoms. The summed E-state index contributed by atoms with van der Waals surface area (Å²) in [5.41, 5.74) is 0. The number of rotatable bonds is 4. The highest BCUT2D eigenvalue weighted by Crippen LogP contribution is 2.26. The Morgan fingerprint density at radius 2 is 2.26 bits per heavy atom. The van der Waals surface area contributed by atoms with Crippen LogP contribution >= 0.6 is 22.9 Å². The van der Waals surface area contributed by atoms with E-state index >= 15 is 0 Å². The Balaban J connectivity index is 1.87. The van der Waals surface area contributed by atoms with Crippen LogP contribution in [0.5, 0.6) is 0 Å². The number of nitrogens with one attached hydrogen (secondary N) is 3. The first-order valence-electron chi connectivity index (χ1n) is 5.61. The molecule has 1 aromatic heterocycles. The van der Waals surface area contributed by atoms with Gasteiger partial charge in [0.15, 0.2) is 0 Å². The van der Waals surface area contributed by atoms with Gasteiger partial charge in [-0.1, -0.05) is 11.6 Å². The Morgan fingerprint density at radius 3 is 2.79 bits per heavy atom. The lowest BCUT2D eigenvalue weighted by Crippen LogP contribution is -2.36. The molecule has 6 nitrogen and oxygen atoms in total. The molecule has 2 atom stereocenters. The van der Waals surface area contributed by atoms with Gasteiger partial charge in [0.2, 0.25) is 5.91 Å². The third-order valence-corrected chi connectivity index (χ3v) is 4.06. The Morgan fingerprint density at radius 1 is 1.53 bits per heavy atom. The predicted octanol–water partition coefficient (Wildman–Crippen LogP) is 1.18. The lowest BCUT2D eigenvalue weighted by Gasteiger charge is -2.13. The monoisotopic (exact) mass is 301 g/mol. The zero-order chi connectivity index (χ0) is 14.0. The summed E-state index contributed by atoms with van der Waals surface area (Å²) in [6.45, 7) is 1.83. The van der Waals surface area contributed by atoms with Crippen LogP contribution in [-0.4, -0.2) is 23.9 Å². The van der Waals surface area contributed by atoms with E-state index in [2.05, 4.69) is 16.0 Å². The van der Waals surface area contributed by atoms with Crippen molar-refractivity contribution in [1.82, 2.24) is 16.0 Å². The summed E-state index contributed by atoms with van der Waals surface area (Å²) in [6, 6.07) is 2.04. The second kappa shape index (κ2) is 5.58. The molecule has 1 aliphatic rings. The van der Waals surface area contributed by atoms with Gasteiger partial charge in [-0.25, -0.2) is 4.79 Å². The highest BCUT2D eigenvalue weighted by molar-refractivity contribution is 7.16. The second-order valence-electron chi connectivity index (χ2n) is 4.15. The molecule has 3 N–H and O–H groups in total. The van der Waals surface area contributed by atoms with Crippen LogP contribution in [0.3, 0.4) is 0 Å². The van der Waals surface area contributed by atoms with Crippen molar-refractivity contribution >= 4 is 40.8 Å². The molecule has 1 fully saturated rings. The van der Waals surface area contributed by atoms with E-state index in [9.17, 15) is 14.4 Å². The van der Waals surface area contributed by atoms with E-state index in [4.69, 9.17) is 11.6 Å². The SMILES string of the molecule is C[C@@H](NC(=O)C[C@H]1NC(=O)NC1=O)c1ccc(Cl)s1. The lowest BCUT2D eigenvalue weighted by atomic mass is 10.2. The summed E-state index contributed by atoms with van der Waals surface area (Å²) >= 11 is 7.20. The number of amides is 4. The van der Waals surface area contributed by atoms with Gasteiger partial charge in [0.05, 0.1) is 16.8 Å². The van der Waals surface area contributed by atoms with E-state index in [0.717, 1.165) is 4.88 Å². The zero-order valence-corrected chi connectivity index (χ0v) is 11.6. The van der Waals surface area contributed by atoms with Gasteiger partial charge in [-0.3, -0.25) is 14.9 Å². The highest BCUT2D eigenvalue weighted by Gasteiger charge is 2.31. The number of thiophene rings is 1. The third kappa shape index (κ3) is 3.45. The molecule has 0 spiro atoms. The van der Waals surface area contributed by atoms with Crippen LogP contribution in [0.25, 0.3) is 0 Å². The van der Waals surface area contributed by atoms with E-state index in [-0.39, 0.29) is 18.4 Å². The van der Waals surface area contributed by atoms with Gasteiger partial charge in [0, 0.05) is 4.88 Å². The van der Waals surface area contributed by atoms with Crippen LogP contribution in [0.15, 0.2) is 12.1 Å². The summed E-state index contributed by atoms with van der Waals surface area (Å²) in [4.78, 5) is 34.9. The predicted molar refractivity (Wildman–Crippen MR) is 71.0 cm³/mol. The van der Waals surface area contributed by atoms with E-state index in [1.807, 2.05) is 13.0 Å². The summed E-state index contributed by atoms with van der Waals surface area (Å²) in [5.74, 6) is -0.786. The molecule has 1 saturated heterocycles. The molecule has 0 saturated carbocycles. The number of imide groups is 1. The molecular weight excluding hydrogens is 290 g/mol. The lowest BCUT2D eigenvalue weighted by molar-refractivity contribution is -0.126. The van der Waals surface area contributed by atoms with Crippen molar-refractivity contribution in [3.8, 4) is 0 Å². The average Bonchev–Trinajstić information content (AvgIpc) is 2.86. The summed E-state index contributed by atoms with van der Waals surface area (Å²) in [5, 5.41) is 7.20. The minimum Gasteiger partial charge on any atom is -0.349 e. The van der Waals surface area contributed by atoms with Gasteiger partial charge in [0.1, 0.15) is 6.04 Å². The average molecular weight is 302 g/mol. The first kappa shape index (κ1) is 13.8. The van der Waals surface area contributed by atoms with Gasteiger partial charge in [-0.2, -0.15) is 0 Å².